The van der Waals surface area contributed by atoms with E-state index >= 15 is 0 Å². The predicted molar refractivity (Wildman–Crippen MR) is 119 cm³/mol. The number of nitrogens with zero attached hydrogens (tertiary/aromatic N) is 6. The van der Waals surface area contributed by atoms with Gasteiger partial charge < -0.3 is 4.42 Å². The quantitative estimate of drug-likeness (QED) is 0.138. The Morgan fingerprint density at radius 2 is 1.57 bits per heavy atom. The van der Waals surface area contributed by atoms with Crippen molar-refractivity contribution in [2.75, 3.05) is 0 Å². The van der Waals surface area contributed by atoms with Gasteiger partial charge in [-0.15, -0.1) is 5.10 Å². The molecule has 0 fully saturated rings. The zero-order valence-electron chi connectivity index (χ0n) is 17.6. The van der Waals surface area contributed by atoms with Crippen LogP contribution in [0, 0.1) is 0 Å². The summed E-state index contributed by atoms with van der Waals surface area (Å²) in [5, 5.41) is 6.85. The van der Waals surface area contributed by atoms with Crippen molar-refractivity contribution < 1.29 is 30.8 Å². The summed E-state index contributed by atoms with van der Waals surface area (Å²) in [5.74, 6) is -0.298. The first kappa shape index (κ1) is 25.3. The van der Waals surface area contributed by atoms with Crippen LogP contribution in [0.25, 0.3) is 22.6 Å². The number of halogens is 7. The van der Waals surface area contributed by atoms with Crippen molar-refractivity contribution in [3.63, 3.8) is 0 Å². The Morgan fingerprint density at radius 1 is 0.838 bits per heavy atom. The van der Waals surface area contributed by atoms with Crippen LogP contribution in [-0.4, -0.2) is 35.1 Å². The van der Waals surface area contributed by atoms with Crippen molar-refractivity contribution >= 4 is 46.4 Å². The van der Waals surface area contributed by atoms with Gasteiger partial charge in [-0.1, -0.05) is 11.6 Å². The minimum atomic E-state index is -5.00. The van der Waals surface area contributed by atoms with Gasteiger partial charge in [0.1, 0.15) is 10.2 Å². The molecule has 5 rings (SSSR count). The van der Waals surface area contributed by atoms with Gasteiger partial charge in [0.15, 0.2) is 22.2 Å². The third-order valence-electron chi connectivity index (χ3n) is 4.50. The number of oxazole rings is 1. The molecule has 1 N–H and O–H groups in total. The van der Waals surface area contributed by atoms with Gasteiger partial charge in [-0.05, 0) is 42.1 Å². The molecule has 37 heavy (non-hydrogen) atoms. The molecule has 0 aliphatic carbocycles. The Morgan fingerprint density at radius 3 is 2.24 bits per heavy atom. The predicted octanol–water partition coefficient (Wildman–Crippen LogP) is 6.79. The van der Waals surface area contributed by atoms with Gasteiger partial charge in [0.05, 0.1) is 11.1 Å². The number of aromatic nitrogens is 7. The van der Waals surface area contributed by atoms with Gasteiger partial charge in [-0.2, -0.15) is 31.3 Å². The molecule has 8 nitrogen and oxygen atoms in total. The highest BCUT2D eigenvalue weighted by Gasteiger charge is 2.37. The van der Waals surface area contributed by atoms with Crippen molar-refractivity contribution in [2.24, 2.45) is 0 Å². The standard InChI is InChI=1S/C20H8ClF6N7OS2/c21-12-7-13(30-16(29-12)37-18-32-15-11(35-18)2-1-3-28-15)36-17-31-14(33-34-17)8-4-9(19(22,23)24)6-10(5-8)20(25,26)27/h1-7H,(H,31,33,34). The lowest BCUT2D eigenvalue weighted by Gasteiger charge is -2.13. The number of alkyl halides is 6. The van der Waals surface area contributed by atoms with Crippen LogP contribution in [0.15, 0.2) is 67.6 Å². The van der Waals surface area contributed by atoms with Crippen molar-refractivity contribution in [1.29, 1.82) is 0 Å². The number of hydrogen-bond donors (Lipinski definition) is 1. The van der Waals surface area contributed by atoms with E-state index in [9.17, 15) is 26.3 Å². The van der Waals surface area contributed by atoms with E-state index in [0.717, 1.165) is 23.5 Å². The van der Waals surface area contributed by atoms with Crippen molar-refractivity contribution in [3.8, 4) is 11.4 Å². The smallest absolute Gasteiger partial charge is 0.416 e. The Kier molecular flexibility index (Phi) is 6.49. The summed E-state index contributed by atoms with van der Waals surface area (Å²) < 4.78 is 84.6. The summed E-state index contributed by atoms with van der Waals surface area (Å²) in [5.41, 5.74) is -2.54. The third kappa shape index (κ3) is 5.80. The van der Waals surface area contributed by atoms with Gasteiger partial charge in [-0.25, -0.2) is 19.9 Å². The van der Waals surface area contributed by atoms with E-state index in [1.54, 1.807) is 18.3 Å². The van der Waals surface area contributed by atoms with E-state index < -0.39 is 29.0 Å². The van der Waals surface area contributed by atoms with Crippen molar-refractivity contribution in [2.45, 2.75) is 32.9 Å². The van der Waals surface area contributed by atoms with Crippen LogP contribution in [0.2, 0.25) is 5.15 Å². The highest BCUT2D eigenvalue weighted by atomic mass is 35.5. The molecule has 0 amide bonds. The lowest BCUT2D eigenvalue weighted by molar-refractivity contribution is -0.143. The van der Waals surface area contributed by atoms with Gasteiger partial charge in [0.25, 0.3) is 5.22 Å². The number of nitrogens with one attached hydrogen (secondary N) is 1. The molecular formula is C20H8ClF6N7OS2. The molecule has 190 valence electrons. The fraction of sp³-hybridized carbons (Fsp3) is 0.100. The lowest BCUT2D eigenvalue weighted by atomic mass is 10.0. The van der Waals surface area contributed by atoms with Crippen LogP contribution in [-0.2, 0) is 12.4 Å². The van der Waals surface area contributed by atoms with Crippen LogP contribution in [0.4, 0.5) is 26.3 Å². The molecule has 0 atom stereocenters. The Hall–Kier alpha value is -3.37. The van der Waals surface area contributed by atoms with Crippen LogP contribution in [0.3, 0.4) is 0 Å². The topological polar surface area (TPSA) is 106 Å². The molecule has 4 heterocycles. The number of benzene rings is 1. The van der Waals surface area contributed by atoms with E-state index in [2.05, 4.69) is 35.1 Å². The molecule has 0 aliphatic rings. The number of fused-ring (bicyclic) bond motifs is 1. The number of H-pyrrole nitrogens is 1. The minimum absolute atomic E-state index is 0.0299. The SMILES string of the molecule is FC(F)(F)c1cc(-c2nc(Sc3cc(Cl)nc(Sc4nc5ncccc5o4)n3)n[nH]2)cc(C(F)(F)F)c1. The Labute approximate surface area is 215 Å². The second-order valence-corrected chi connectivity index (χ2v) is 9.37. The Balaban J connectivity index is 1.40. The first-order chi connectivity index (χ1) is 17.4. The highest BCUT2D eigenvalue weighted by molar-refractivity contribution is 7.99. The highest BCUT2D eigenvalue weighted by Crippen LogP contribution is 2.38. The molecular weight excluding hydrogens is 568 g/mol. The molecule has 0 unspecified atom stereocenters. The van der Waals surface area contributed by atoms with Crippen molar-refractivity contribution in [1.82, 2.24) is 35.1 Å². The second kappa shape index (κ2) is 9.50. The maximum absolute atomic E-state index is 13.2. The normalized spacial score (nSPS) is 12.4. The van der Waals surface area contributed by atoms with Gasteiger partial charge in [0.2, 0.25) is 5.16 Å². The Bertz CT molecular complexity index is 1540. The molecule has 4 aromatic heterocycles. The molecule has 5 aromatic rings. The maximum Gasteiger partial charge on any atom is 0.416 e. The largest absolute Gasteiger partial charge is 0.429 e. The van der Waals surface area contributed by atoms with Crippen LogP contribution in [0.5, 0.6) is 0 Å². The van der Waals surface area contributed by atoms with E-state index in [0.29, 0.717) is 23.4 Å². The van der Waals surface area contributed by atoms with Crippen LogP contribution < -0.4 is 0 Å². The molecule has 17 heteroatoms. The number of aromatic amines is 1. The fourth-order valence-electron chi connectivity index (χ4n) is 2.95. The summed E-state index contributed by atoms with van der Waals surface area (Å²) in [6.07, 6.45) is -8.44. The molecule has 1 aromatic carbocycles. The maximum atomic E-state index is 13.2. The molecule has 0 radical (unpaired) electrons. The molecule has 0 aliphatic heterocycles. The third-order valence-corrected chi connectivity index (χ3v) is 6.19. The van der Waals surface area contributed by atoms with E-state index in [-0.39, 0.29) is 37.6 Å². The molecule has 0 saturated heterocycles. The van der Waals surface area contributed by atoms with E-state index in [1.165, 1.54) is 6.07 Å². The minimum Gasteiger partial charge on any atom is -0.429 e. The van der Waals surface area contributed by atoms with Gasteiger partial charge >= 0.3 is 12.4 Å². The summed E-state index contributed by atoms with van der Waals surface area (Å²) in [6, 6.07) is 5.88. The number of hydrogen-bond acceptors (Lipinski definition) is 9. The summed E-state index contributed by atoms with van der Waals surface area (Å²) >= 11 is 7.90. The zero-order valence-corrected chi connectivity index (χ0v) is 20.0. The average molecular weight is 576 g/mol. The van der Waals surface area contributed by atoms with Crippen LogP contribution in [0.1, 0.15) is 11.1 Å². The summed E-state index contributed by atoms with van der Waals surface area (Å²) in [4.78, 5) is 20.6. The van der Waals surface area contributed by atoms with Crippen LogP contribution >= 0.6 is 35.1 Å². The summed E-state index contributed by atoms with van der Waals surface area (Å²) in [7, 11) is 0. The number of pyridine rings is 1. The monoisotopic (exact) mass is 575 g/mol. The van der Waals surface area contributed by atoms with E-state index in [4.69, 9.17) is 16.0 Å². The first-order valence-electron chi connectivity index (χ1n) is 9.78. The zero-order chi connectivity index (χ0) is 26.4. The molecule has 0 spiro atoms. The fourth-order valence-corrected chi connectivity index (χ4v) is 4.73. The van der Waals surface area contributed by atoms with Gasteiger partial charge in [0, 0.05) is 29.6 Å². The number of rotatable bonds is 5. The summed E-state index contributed by atoms with van der Waals surface area (Å²) in [6.45, 7) is 0. The first-order valence-corrected chi connectivity index (χ1v) is 11.8. The second-order valence-electron chi connectivity index (χ2n) is 7.08. The van der Waals surface area contributed by atoms with Gasteiger partial charge in [-0.3, -0.25) is 5.10 Å². The molecule has 0 saturated carbocycles. The molecule has 0 bridgehead atoms. The lowest BCUT2D eigenvalue weighted by Crippen LogP contribution is -2.11. The van der Waals surface area contributed by atoms with Crippen molar-refractivity contribution in [3.05, 3.63) is 58.9 Å². The van der Waals surface area contributed by atoms with E-state index in [1.807, 2.05) is 0 Å². The average Bonchev–Trinajstić information content (AvgIpc) is 3.43.